The predicted octanol–water partition coefficient (Wildman–Crippen LogP) is 4.70. The second-order valence-corrected chi connectivity index (χ2v) is 7.42. The van der Waals surface area contributed by atoms with Crippen molar-refractivity contribution in [3.05, 3.63) is 42.1 Å². The number of carbonyl (C=O) groups excluding carboxylic acids is 1. The summed E-state index contributed by atoms with van der Waals surface area (Å²) in [5.74, 6) is -0.208. The molecule has 27 heavy (non-hydrogen) atoms. The maximum Gasteiger partial charge on any atom is 0.433 e. The van der Waals surface area contributed by atoms with E-state index in [1.807, 2.05) is 0 Å². The van der Waals surface area contributed by atoms with Crippen LogP contribution in [-0.2, 0) is 11.0 Å². The first-order chi connectivity index (χ1) is 12.9. The van der Waals surface area contributed by atoms with Crippen molar-refractivity contribution in [3.8, 4) is 11.3 Å². The molecule has 1 heterocycles. The molecule has 1 fully saturated rings. The lowest BCUT2D eigenvalue weighted by Crippen LogP contribution is -2.37. The highest BCUT2D eigenvalue weighted by Crippen LogP contribution is 2.32. The number of carbonyl (C=O) groups is 1. The number of halogens is 3. The topological polar surface area (TPSA) is 54.9 Å². The van der Waals surface area contributed by atoms with Crippen LogP contribution in [0.25, 0.3) is 11.3 Å². The van der Waals surface area contributed by atoms with Crippen molar-refractivity contribution >= 4 is 17.7 Å². The van der Waals surface area contributed by atoms with E-state index in [2.05, 4.69) is 15.3 Å². The standard InChI is InChI=1S/C19H20F3N3OS/c20-19(21,22)16-11-15(13-7-3-1-4-8-13)24-18(25-16)27-12-17(26)23-14-9-5-2-6-10-14/h1,3-4,7-8,11,14H,2,5-6,9-10,12H2,(H,23,26). The van der Waals surface area contributed by atoms with Gasteiger partial charge in [0, 0.05) is 11.6 Å². The van der Waals surface area contributed by atoms with Crippen LogP contribution in [0, 0.1) is 0 Å². The molecule has 0 unspecified atom stereocenters. The van der Waals surface area contributed by atoms with Crippen molar-refractivity contribution in [2.75, 3.05) is 5.75 Å². The van der Waals surface area contributed by atoms with Gasteiger partial charge in [-0.2, -0.15) is 13.2 Å². The molecule has 1 aromatic heterocycles. The zero-order valence-corrected chi connectivity index (χ0v) is 15.4. The van der Waals surface area contributed by atoms with Gasteiger partial charge in [-0.05, 0) is 18.9 Å². The maximum atomic E-state index is 13.2. The average Bonchev–Trinajstić information content (AvgIpc) is 2.67. The summed E-state index contributed by atoms with van der Waals surface area (Å²) in [7, 11) is 0. The van der Waals surface area contributed by atoms with Crippen LogP contribution >= 0.6 is 11.8 Å². The van der Waals surface area contributed by atoms with E-state index in [-0.39, 0.29) is 28.6 Å². The van der Waals surface area contributed by atoms with Gasteiger partial charge >= 0.3 is 6.18 Å². The number of aromatic nitrogens is 2. The molecule has 0 bridgehead atoms. The van der Waals surface area contributed by atoms with E-state index in [9.17, 15) is 18.0 Å². The second kappa shape index (κ2) is 8.73. The molecule has 1 aromatic carbocycles. The van der Waals surface area contributed by atoms with Crippen LogP contribution in [0.5, 0.6) is 0 Å². The van der Waals surface area contributed by atoms with E-state index in [1.165, 1.54) is 6.42 Å². The van der Waals surface area contributed by atoms with E-state index >= 15 is 0 Å². The zero-order valence-electron chi connectivity index (χ0n) is 14.6. The van der Waals surface area contributed by atoms with Gasteiger partial charge in [-0.25, -0.2) is 9.97 Å². The lowest BCUT2D eigenvalue weighted by molar-refractivity contribution is -0.141. The number of benzene rings is 1. The number of hydrogen-bond acceptors (Lipinski definition) is 4. The van der Waals surface area contributed by atoms with Gasteiger partial charge in [0.1, 0.15) is 5.69 Å². The Labute approximate surface area is 160 Å². The number of thioether (sulfide) groups is 1. The van der Waals surface area contributed by atoms with Gasteiger partial charge in [0.15, 0.2) is 5.16 Å². The molecule has 0 radical (unpaired) electrons. The average molecular weight is 395 g/mol. The number of nitrogens with zero attached hydrogens (tertiary/aromatic N) is 2. The van der Waals surface area contributed by atoms with Crippen molar-refractivity contribution in [1.29, 1.82) is 0 Å². The largest absolute Gasteiger partial charge is 0.433 e. The Morgan fingerprint density at radius 3 is 2.48 bits per heavy atom. The summed E-state index contributed by atoms with van der Waals surface area (Å²) >= 11 is 0.922. The van der Waals surface area contributed by atoms with Crippen LogP contribution in [0.15, 0.2) is 41.6 Å². The lowest BCUT2D eigenvalue weighted by Gasteiger charge is -2.22. The molecule has 0 atom stereocenters. The van der Waals surface area contributed by atoms with E-state index in [0.717, 1.165) is 43.5 Å². The Hall–Kier alpha value is -2.09. The molecular weight excluding hydrogens is 375 g/mol. The fraction of sp³-hybridized carbons (Fsp3) is 0.421. The van der Waals surface area contributed by atoms with Crippen LogP contribution in [-0.4, -0.2) is 27.7 Å². The summed E-state index contributed by atoms with van der Waals surface area (Å²) in [4.78, 5) is 19.9. The Morgan fingerprint density at radius 1 is 1.11 bits per heavy atom. The van der Waals surface area contributed by atoms with E-state index in [1.54, 1.807) is 30.3 Å². The molecule has 1 amide bonds. The molecule has 1 aliphatic rings. The molecule has 0 saturated heterocycles. The van der Waals surface area contributed by atoms with Crippen molar-refractivity contribution in [2.45, 2.75) is 49.5 Å². The first kappa shape index (κ1) is 19.7. The summed E-state index contributed by atoms with van der Waals surface area (Å²) in [6, 6.07) is 9.71. The molecule has 4 nitrogen and oxygen atoms in total. The minimum Gasteiger partial charge on any atom is -0.353 e. The number of rotatable bonds is 5. The SMILES string of the molecule is O=C(CSc1nc(-c2ccccc2)cc(C(F)(F)F)n1)NC1CCCCC1. The second-order valence-electron chi connectivity index (χ2n) is 6.48. The monoisotopic (exact) mass is 395 g/mol. The minimum atomic E-state index is -4.58. The van der Waals surface area contributed by atoms with Crippen molar-refractivity contribution in [3.63, 3.8) is 0 Å². The van der Waals surface area contributed by atoms with Crippen LogP contribution in [0.4, 0.5) is 13.2 Å². The molecule has 0 aliphatic heterocycles. The third kappa shape index (κ3) is 5.69. The van der Waals surface area contributed by atoms with E-state index in [4.69, 9.17) is 0 Å². The summed E-state index contributed by atoms with van der Waals surface area (Å²) < 4.78 is 39.6. The van der Waals surface area contributed by atoms with Crippen molar-refractivity contribution < 1.29 is 18.0 Å². The highest BCUT2D eigenvalue weighted by Gasteiger charge is 2.34. The van der Waals surface area contributed by atoms with Gasteiger partial charge < -0.3 is 5.32 Å². The third-order valence-corrected chi connectivity index (χ3v) is 5.22. The third-order valence-electron chi connectivity index (χ3n) is 4.37. The normalized spacial score (nSPS) is 15.5. The highest BCUT2D eigenvalue weighted by atomic mass is 32.2. The van der Waals surface area contributed by atoms with Gasteiger partial charge in [-0.15, -0.1) is 0 Å². The summed E-state index contributed by atoms with van der Waals surface area (Å²) in [6.07, 6.45) is 0.696. The van der Waals surface area contributed by atoms with Crippen LogP contribution in [0.3, 0.4) is 0 Å². The quantitative estimate of drug-likeness (QED) is 0.589. The number of alkyl halides is 3. The Kier molecular flexibility index (Phi) is 6.36. The molecule has 1 aliphatic carbocycles. The number of nitrogens with one attached hydrogen (secondary N) is 1. The lowest BCUT2D eigenvalue weighted by atomic mass is 9.95. The van der Waals surface area contributed by atoms with Gasteiger partial charge in [0.05, 0.1) is 11.4 Å². The number of hydrogen-bond donors (Lipinski definition) is 1. The molecule has 2 aromatic rings. The molecule has 8 heteroatoms. The Morgan fingerprint density at radius 2 is 1.81 bits per heavy atom. The van der Waals surface area contributed by atoms with Gasteiger partial charge in [-0.1, -0.05) is 61.4 Å². The highest BCUT2D eigenvalue weighted by molar-refractivity contribution is 7.99. The molecule has 0 spiro atoms. The fourth-order valence-electron chi connectivity index (χ4n) is 3.04. The summed E-state index contributed by atoms with van der Waals surface area (Å²) in [5, 5.41) is 2.89. The number of amides is 1. The first-order valence-electron chi connectivity index (χ1n) is 8.86. The van der Waals surface area contributed by atoms with Gasteiger partial charge in [-0.3, -0.25) is 4.79 Å². The summed E-state index contributed by atoms with van der Waals surface area (Å²) in [6.45, 7) is 0. The molecule has 1 saturated carbocycles. The predicted molar refractivity (Wildman–Crippen MR) is 98.2 cm³/mol. The van der Waals surface area contributed by atoms with Gasteiger partial charge in [0.2, 0.25) is 5.91 Å². The fourth-order valence-corrected chi connectivity index (χ4v) is 3.71. The van der Waals surface area contributed by atoms with Crippen molar-refractivity contribution in [2.24, 2.45) is 0 Å². The Bertz CT molecular complexity index is 778. The molecule has 144 valence electrons. The van der Waals surface area contributed by atoms with Crippen LogP contribution < -0.4 is 5.32 Å². The Balaban J connectivity index is 1.73. The summed E-state index contributed by atoms with van der Waals surface area (Å²) in [5.41, 5.74) is -0.251. The van der Waals surface area contributed by atoms with E-state index < -0.39 is 11.9 Å². The first-order valence-corrected chi connectivity index (χ1v) is 9.84. The van der Waals surface area contributed by atoms with Crippen molar-refractivity contribution in [1.82, 2.24) is 15.3 Å². The maximum absolute atomic E-state index is 13.2. The molecular formula is C19H20F3N3OS. The van der Waals surface area contributed by atoms with Crippen LogP contribution in [0.2, 0.25) is 0 Å². The zero-order chi connectivity index (χ0) is 19.3. The van der Waals surface area contributed by atoms with Gasteiger partial charge in [0.25, 0.3) is 0 Å². The smallest absolute Gasteiger partial charge is 0.353 e. The minimum absolute atomic E-state index is 0.00790. The molecule has 3 rings (SSSR count). The van der Waals surface area contributed by atoms with Crippen LogP contribution in [0.1, 0.15) is 37.8 Å². The molecule has 1 N–H and O–H groups in total. The van der Waals surface area contributed by atoms with E-state index in [0.29, 0.717) is 5.56 Å².